The van der Waals surface area contributed by atoms with Crippen molar-refractivity contribution in [2.45, 2.75) is 83.1 Å². The van der Waals surface area contributed by atoms with Crippen LogP contribution < -0.4 is 5.73 Å². The van der Waals surface area contributed by atoms with Gasteiger partial charge in [-0.15, -0.1) is 11.3 Å². The molecule has 112 valence electrons. The second kappa shape index (κ2) is 5.10. The van der Waals surface area contributed by atoms with Gasteiger partial charge in [0.05, 0.1) is 11.2 Å². The smallest absolute Gasteiger partial charge is 0.113 e. The highest BCUT2D eigenvalue weighted by atomic mass is 32.1. The summed E-state index contributed by atoms with van der Waals surface area (Å²) in [5, 5.41) is 1.23. The SMILES string of the molecule is CCC1CCC(N)(c2nc3c(s2)CCCC3(C)C)CC1. The molecule has 2 nitrogen and oxygen atoms in total. The predicted octanol–water partition coefficient (Wildman–Crippen LogP) is 4.51. The van der Waals surface area contributed by atoms with Gasteiger partial charge in [-0.2, -0.15) is 0 Å². The predicted molar refractivity (Wildman–Crippen MR) is 86.2 cm³/mol. The van der Waals surface area contributed by atoms with Gasteiger partial charge in [0.25, 0.3) is 0 Å². The third-order valence-corrected chi connectivity index (χ3v) is 6.88. The lowest BCUT2D eigenvalue weighted by molar-refractivity contribution is 0.230. The Bertz CT molecular complexity index is 481. The molecular formula is C17H28N2S. The Hall–Kier alpha value is -0.410. The number of aryl methyl sites for hydroxylation is 1. The molecule has 20 heavy (non-hydrogen) atoms. The van der Waals surface area contributed by atoms with Crippen LogP contribution >= 0.6 is 11.3 Å². The highest BCUT2D eigenvalue weighted by molar-refractivity contribution is 7.12. The van der Waals surface area contributed by atoms with Gasteiger partial charge >= 0.3 is 0 Å². The third kappa shape index (κ3) is 2.43. The Morgan fingerprint density at radius 1 is 1.25 bits per heavy atom. The molecule has 1 aromatic heterocycles. The summed E-state index contributed by atoms with van der Waals surface area (Å²) in [7, 11) is 0. The molecule has 2 aliphatic rings. The van der Waals surface area contributed by atoms with Crippen molar-refractivity contribution in [3.05, 3.63) is 15.6 Å². The molecule has 3 heteroatoms. The van der Waals surface area contributed by atoms with Crippen molar-refractivity contribution in [3.8, 4) is 0 Å². The molecule has 1 heterocycles. The lowest BCUT2D eigenvalue weighted by Crippen LogP contribution is -2.40. The monoisotopic (exact) mass is 292 g/mol. The molecule has 0 aliphatic heterocycles. The van der Waals surface area contributed by atoms with Gasteiger partial charge in [-0.1, -0.05) is 27.2 Å². The topological polar surface area (TPSA) is 38.9 Å². The number of aromatic nitrogens is 1. The largest absolute Gasteiger partial charge is 0.319 e. The van der Waals surface area contributed by atoms with E-state index in [1.165, 1.54) is 54.1 Å². The molecule has 0 unspecified atom stereocenters. The first-order valence-electron chi connectivity index (χ1n) is 8.24. The van der Waals surface area contributed by atoms with Crippen molar-refractivity contribution in [1.29, 1.82) is 0 Å². The fraction of sp³-hybridized carbons (Fsp3) is 0.824. The number of hydrogen-bond acceptors (Lipinski definition) is 3. The van der Waals surface area contributed by atoms with Crippen LogP contribution in [-0.2, 0) is 17.4 Å². The molecule has 0 atom stereocenters. The zero-order chi connectivity index (χ0) is 14.4. The van der Waals surface area contributed by atoms with Crippen LogP contribution in [0.5, 0.6) is 0 Å². The second-order valence-electron chi connectivity index (χ2n) is 7.54. The Labute approximate surface area is 127 Å². The summed E-state index contributed by atoms with van der Waals surface area (Å²) in [5.41, 5.74) is 8.21. The fourth-order valence-corrected chi connectivity index (χ4v) is 5.33. The molecule has 0 aromatic carbocycles. The van der Waals surface area contributed by atoms with Crippen molar-refractivity contribution >= 4 is 11.3 Å². The maximum atomic E-state index is 6.75. The Kier molecular flexibility index (Phi) is 3.70. The van der Waals surface area contributed by atoms with Crippen LogP contribution in [0.2, 0.25) is 0 Å². The van der Waals surface area contributed by atoms with Crippen LogP contribution in [0, 0.1) is 5.92 Å². The minimum absolute atomic E-state index is 0.135. The normalized spacial score (nSPS) is 32.9. The molecule has 0 saturated heterocycles. The first-order valence-corrected chi connectivity index (χ1v) is 9.06. The molecule has 0 spiro atoms. The summed E-state index contributed by atoms with van der Waals surface area (Å²) < 4.78 is 0. The first-order chi connectivity index (χ1) is 9.44. The lowest BCUT2D eigenvalue weighted by Gasteiger charge is -2.35. The Morgan fingerprint density at radius 2 is 1.95 bits per heavy atom. The van der Waals surface area contributed by atoms with Crippen LogP contribution in [0.15, 0.2) is 0 Å². The van der Waals surface area contributed by atoms with Crippen molar-refractivity contribution in [1.82, 2.24) is 4.98 Å². The van der Waals surface area contributed by atoms with Gasteiger partial charge in [0, 0.05) is 10.3 Å². The standard InChI is InChI=1S/C17H28N2S/c1-4-12-7-10-17(18,11-8-12)15-19-14-13(20-15)6-5-9-16(14,2)3/h12H,4-11,18H2,1-3H3. The Balaban J connectivity index is 1.87. The van der Waals surface area contributed by atoms with Gasteiger partial charge in [-0.3, -0.25) is 0 Å². The van der Waals surface area contributed by atoms with Crippen molar-refractivity contribution in [3.63, 3.8) is 0 Å². The lowest BCUT2D eigenvalue weighted by atomic mass is 9.76. The fourth-order valence-electron chi connectivity index (χ4n) is 3.89. The maximum absolute atomic E-state index is 6.75. The van der Waals surface area contributed by atoms with Gasteiger partial charge in [0.15, 0.2) is 0 Å². The quantitative estimate of drug-likeness (QED) is 0.871. The highest BCUT2D eigenvalue weighted by Crippen LogP contribution is 2.45. The number of fused-ring (bicyclic) bond motifs is 1. The summed E-state index contributed by atoms with van der Waals surface area (Å²) in [6.45, 7) is 6.98. The summed E-state index contributed by atoms with van der Waals surface area (Å²) >= 11 is 1.92. The van der Waals surface area contributed by atoms with Crippen LogP contribution in [0.1, 0.15) is 81.3 Å². The maximum Gasteiger partial charge on any atom is 0.113 e. The van der Waals surface area contributed by atoms with E-state index in [4.69, 9.17) is 10.7 Å². The summed E-state index contributed by atoms with van der Waals surface area (Å²) in [6, 6.07) is 0. The second-order valence-corrected chi connectivity index (χ2v) is 8.62. The molecule has 1 aromatic rings. The van der Waals surface area contributed by atoms with E-state index in [1.807, 2.05) is 11.3 Å². The molecule has 3 rings (SSSR count). The average Bonchev–Trinajstić information content (AvgIpc) is 2.86. The molecule has 0 radical (unpaired) electrons. The number of rotatable bonds is 2. The molecule has 0 bridgehead atoms. The van der Waals surface area contributed by atoms with E-state index >= 15 is 0 Å². The molecule has 2 aliphatic carbocycles. The van der Waals surface area contributed by atoms with Gasteiger partial charge in [-0.05, 0) is 50.9 Å². The minimum Gasteiger partial charge on any atom is -0.319 e. The van der Waals surface area contributed by atoms with Gasteiger partial charge < -0.3 is 5.73 Å². The van der Waals surface area contributed by atoms with E-state index in [1.54, 1.807) is 0 Å². The van der Waals surface area contributed by atoms with Crippen LogP contribution in [-0.4, -0.2) is 4.98 Å². The van der Waals surface area contributed by atoms with Gasteiger partial charge in [0.1, 0.15) is 5.01 Å². The van der Waals surface area contributed by atoms with E-state index in [0.29, 0.717) is 0 Å². The van der Waals surface area contributed by atoms with E-state index < -0.39 is 0 Å². The van der Waals surface area contributed by atoms with E-state index in [-0.39, 0.29) is 11.0 Å². The van der Waals surface area contributed by atoms with Crippen molar-refractivity contribution < 1.29 is 0 Å². The molecule has 1 saturated carbocycles. The summed E-state index contributed by atoms with van der Waals surface area (Å²) in [5.74, 6) is 0.887. The summed E-state index contributed by atoms with van der Waals surface area (Å²) in [6.07, 6.45) is 9.88. The van der Waals surface area contributed by atoms with E-state index in [2.05, 4.69) is 20.8 Å². The average molecular weight is 292 g/mol. The number of hydrogen-bond donors (Lipinski definition) is 1. The first kappa shape index (κ1) is 14.5. The number of nitrogens with two attached hydrogens (primary N) is 1. The molecule has 0 amide bonds. The van der Waals surface area contributed by atoms with Gasteiger partial charge in [-0.25, -0.2) is 4.98 Å². The van der Waals surface area contributed by atoms with Crippen LogP contribution in [0.25, 0.3) is 0 Å². The van der Waals surface area contributed by atoms with Crippen LogP contribution in [0.4, 0.5) is 0 Å². The van der Waals surface area contributed by atoms with Crippen LogP contribution in [0.3, 0.4) is 0 Å². The highest BCUT2D eigenvalue weighted by Gasteiger charge is 2.39. The zero-order valence-electron chi connectivity index (χ0n) is 13.2. The van der Waals surface area contributed by atoms with E-state index in [0.717, 1.165) is 18.8 Å². The van der Waals surface area contributed by atoms with Crippen molar-refractivity contribution in [2.75, 3.05) is 0 Å². The molecular weight excluding hydrogens is 264 g/mol. The zero-order valence-corrected chi connectivity index (χ0v) is 14.0. The minimum atomic E-state index is -0.135. The number of nitrogens with zero attached hydrogens (tertiary/aromatic N) is 1. The summed E-state index contributed by atoms with van der Waals surface area (Å²) in [4.78, 5) is 6.56. The Morgan fingerprint density at radius 3 is 2.55 bits per heavy atom. The van der Waals surface area contributed by atoms with Gasteiger partial charge in [0.2, 0.25) is 0 Å². The number of thiazole rings is 1. The molecule has 2 N–H and O–H groups in total. The van der Waals surface area contributed by atoms with Crippen molar-refractivity contribution in [2.24, 2.45) is 11.7 Å². The third-order valence-electron chi connectivity index (χ3n) is 5.54. The molecule has 1 fully saturated rings. The van der Waals surface area contributed by atoms with E-state index in [9.17, 15) is 0 Å².